The van der Waals surface area contributed by atoms with E-state index in [1.54, 1.807) is 0 Å². The molecule has 0 amide bonds. The number of carbonyl (C=O) groups is 1. The van der Waals surface area contributed by atoms with Gasteiger partial charge in [-0.2, -0.15) is 0 Å². The van der Waals surface area contributed by atoms with Crippen LogP contribution in [-0.2, 0) is 4.79 Å². The fourth-order valence-corrected chi connectivity index (χ4v) is 5.82. The maximum Gasteiger partial charge on any atom is 0.303 e. The number of hydrogen-bond acceptors (Lipinski definition) is 4. The van der Waals surface area contributed by atoms with Crippen LogP contribution in [0.5, 0.6) is 0 Å². The Bertz CT molecular complexity index is 647. The number of amidine groups is 1. The minimum Gasteiger partial charge on any atom is -0.481 e. The van der Waals surface area contributed by atoms with Crippen LogP contribution in [0, 0.1) is 0 Å². The van der Waals surface area contributed by atoms with Crippen molar-refractivity contribution in [2.24, 2.45) is 10.7 Å². The van der Waals surface area contributed by atoms with Crippen molar-refractivity contribution in [3.8, 4) is 0 Å². The number of unbranched alkanes of at least 4 members (excludes halogenated alkanes) is 23. The number of carboxylic acids is 1. The first-order valence-corrected chi connectivity index (χ1v) is 18.9. The molecular weight excluding hydrogens is 530 g/mol. The number of allylic oxidation sites excluding steroid dienone is 2. The second-order valence-electron chi connectivity index (χ2n) is 13.0. The van der Waals surface area contributed by atoms with Crippen molar-refractivity contribution in [3.63, 3.8) is 0 Å². The lowest BCUT2D eigenvalue weighted by atomic mass is 10.0. The van der Waals surface area contributed by atoms with E-state index < -0.39 is 5.97 Å². The third kappa shape index (κ3) is 30.4. The molecule has 0 bridgehead atoms. The molecular formula is C38H75N3O2. The molecule has 0 saturated heterocycles. The third-order valence-corrected chi connectivity index (χ3v) is 8.61. The Labute approximate surface area is 269 Å². The topological polar surface area (TPSA) is 78.9 Å². The van der Waals surface area contributed by atoms with Crippen molar-refractivity contribution in [1.29, 1.82) is 0 Å². The van der Waals surface area contributed by atoms with Crippen LogP contribution in [-0.4, -0.2) is 41.1 Å². The molecule has 5 nitrogen and oxygen atoms in total. The molecule has 1 aliphatic rings. The van der Waals surface area contributed by atoms with E-state index in [9.17, 15) is 4.79 Å². The average Bonchev–Trinajstić information content (AvgIpc) is 3.47. The Balaban J connectivity index is 0.000000830. The Morgan fingerprint density at radius 2 is 1.09 bits per heavy atom. The summed E-state index contributed by atoms with van der Waals surface area (Å²) in [5.41, 5.74) is 5.98. The van der Waals surface area contributed by atoms with Gasteiger partial charge in [0.2, 0.25) is 0 Å². The Kier molecular flexibility index (Phi) is 32.5. The largest absolute Gasteiger partial charge is 0.481 e. The number of aliphatic imine (C=N–C) groups is 1. The van der Waals surface area contributed by atoms with Gasteiger partial charge in [0.25, 0.3) is 0 Å². The number of aliphatic carboxylic acids is 1. The third-order valence-electron chi connectivity index (χ3n) is 8.61. The lowest BCUT2D eigenvalue weighted by Gasteiger charge is -2.24. The van der Waals surface area contributed by atoms with Gasteiger partial charge in [-0.15, -0.1) is 0 Å². The lowest BCUT2D eigenvalue weighted by molar-refractivity contribution is -0.137. The van der Waals surface area contributed by atoms with Gasteiger partial charge < -0.3 is 15.7 Å². The molecule has 1 aliphatic heterocycles. The minimum absolute atomic E-state index is 0.123. The average molecular weight is 606 g/mol. The molecule has 0 radical (unpaired) electrons. The second-order valence-corrected chi connectivity index (χ2v) is 13.0. The Morgan fingerprint density at radius 3 is 1.51 bits per heavy atom. The molecule has 0 fully saturated rings. The summed E-state index contributed by atoms with van der Waals surface area (Å²) in [6.07, 6.45) is 40.8. The quantitative estimate of drug-likeness (QED) is 0.0630. The van der Waals surface area contributed by atoms with Crippen LogP contribution in [0.3, 0.4) is 0 Å². The maximum absolute atomic E-state index is 10.3. The van der Waals surface area contributed by atoms with Crippen LogP contribution in [0.15, 0.2) is 17.1 Å². The molecule has 1 heterocycles. The van der Waals surface area contributed by atoms with Gasteiger partial charge in [-0.1, -0.05) is 154 Å². The van der Waals surface area contributed by atoms with E-state index >= 15 is 0 Å². The van der Waals surface area contributed by atoms with E-state index in [0.717, 1.165) is 32.4 Å². The van der Waals surface area contributed by atoms with E-state index in [1.165, 1.54) is 160 Å². The van der Waals surface area contributed by atoms with Crippen LogP contribution >= 0.6 is 0 Å². The first kappa shape index (κ1) is 41.6. The van der Waals surface area contributed by atoms with Gasteiger partial charge in [-0.25, -0.2) is 0 Å². The first-order chi connectivity index (χ1) is 21.0. The predicted octanol–water partition coefficient (Wildman–Crippen LogP) is 11.6. The second kappa shape index (κ2) is 33.5. The summed E-state index contributed by atoms with van der Waals surface area (Å²) in [5, 5.41) is 8.51. The molecule has 1 atom stereocenters. The molecule has 0 aromatic rings. The normalized spacial score (nSPS) is 13.8. The molecule has 0 spiro atoms. The molecule has 5 heteroatoms. The summed E-state index contributed by atoms with van der Waals surface area (Å²) in [6.45, 7) is 8.57. The Hall–Kier alpha value is -1.36. The monoisotopic (exact) mass is 606 g/mol. The van der Waals surface area contributed by atoms with Gasteiger partial charge in [0.1, 0.15) is 5.84 Å². The predicted molar refractivity (Wildman–Crippen MR) is 190 cm³/mol. The van der Waals surface area contributed by atoms with Crippen molar-refractivity contribution in [2.45, 2.75) is 207 Å². The van der Waals surface area contributed by atoms with Crippen molar-refractivity contribution in [3.05, 3.63) is 12.2 Å². The highest BCUT2D eigenvalue weighted by Crippen LogP contribution is 2.15. The molecule has 254 valence electrons. The van der Waals surface area contributed by atoms with Crippen molar-refractivity contribution < 1.29 is 9.90 Å². The molecule has 3 N–H and O–H groups in total. The zero-order valence-electron chi connectivity index (χ0n) is 29.3. The van der Waals surface area contributed by atoms with E-state index in [4.69, 9.17) is 10.8 Å². The zero-order chi connectivity index (χ0) is 31.6. The zero-order valence-corrected chi connectivity index (χ0v) is 29.3. The fraction of sp³-hybridized carbons (Fsp3) is 0.895. The summed E-state index contributed by atoms with van der Waals surface area (Å²) in [4.78, 5) is 17.2. The van der Waals surface area contributed by atoms with Crippen LogP contribution in [0.1, 0.15) is 201 Å². The number of hydrogen-bond donors (Lipinski definition) is 2. The van der Waals surface area contributed by atoms with Crippen LogP contribution in [0.4, 0.5) is 0 Å². The van der Waals surface area contributed by atoms with Crippen LogP contribution in [0.2, 0.25) is 0 Å². The summed E-state index contributed by atoms with van der Waals surface area (Å²) >= 11 is 0. The summed E-state index contributed by atoms with van der Waals surface area (Å²) in [7, 11) is 0. The van der Waals surface area contributed by atoms with E-state index in [0.29, 0.717) is 6.42 Å². The van der Waals surface area contributed by atoms with Crippen LogP contribution < -0.4 is 5.73 Å². The summed E-state index contributed by atoms with van der Waals surface area (Å²) < 4.78 is 0. The smallest absolute Gasteiger partial charge is 0.303 e. The fourth-order valence-electron chi connectivity index (χ4n) is 5.82. The Morgan fingerprint density at radius 1 is 0.698 bits per heavy atom. The molecule has 0 saturated carbocycles. The summed E-state index contributed by atoms with van der Waals surface area (Å²) in [5.74, 6) is 0.589. The van der Waals surface area contributed by atoms with E-state index in [1.807, 2.05) is 0 Å². The van der Waals surface area contributed by atoms with Crippen molar-refractivity contribution in [2.75, 3.05) is 13.1 Å². The van der Waals surface area contributed by atoms with Gasteiger partial charge in [-0.3, -0.25) is 9.79 Å². The van der Waals surface area contributed by atoms with Gasteiger partial charge >= 0.3 is 5.97 Å². The molecule has 0 aliphatic carbocycles. The number of carboxylic acid groups (broad SMARTS) is 1. The highest BCUT2D eigenvalue weighted by atomic mass is 16.4. The van der Waals surface area contributed by atoms with Gasteiger partial charge in [0, 0.05) is 19.4 Å². The van der Waals surface area contributed by atoms with Crippen molar-refractivity contribution >= 4 is 11.8 Å². The number of nitrogens with zero attached hydrogens (tertiary/aromatic N) is 2. The van der Waals surface area contributed by atoms with Gasteiger partial charge in [0.05, 0.1) is 12.7 Å². The molecule has 0 aromatic heterocycles. The SMILES string of the molecule is CCCCCCCC/C=C\CCCCCCCC(=O)O.CCCCCCCCCCCCCCCC1=NCCN1C(C)N. The number of nitrogens with two attached hydrogens (primary N) is 1. The minimum atomic E-state index is -0.664. The molecule has 1 rings (SSSR count). The first-order valence-electron chi connectivity index (χ1n) is 18.9. The van der Waals surface area contributed by atoms with E-state index in [2.05, 4.69) is 42.8 Å². The highest BCUT2D eigenvalue weighted by molar-refractivity contribution is 5.83. The highest BCUT2D eigenvalue weighted by Gasteiger charge is 2.18. The molecule has 43 heavy (non-hydrogen) atoms. The standard InChI is InChI=1S/C20H41N3.C18H34O2/c1-3-4-5-6-7-8-9-10-11-12-13-14-15-16-20-22-17-18-23(20)19(2)21;1-2-3-4-5-6-7-8-9-10-11-12-13-14-15-16-17-18(19)20/h19H,3-18,21H2,1-2H3;9-10H,2-8,11-17H2,1H3,(H,19,20)/b;10-9-. The lowest BCUT2D eigenvalue weighted by Crippen LogP contribution is -2.41. The van der Waals surface area contributed by atoms with Crippen molar-refractivity contribution in [1.82, 2.24) is 4.90 Å². The maximum atomic E-state index is 10.3. The molecule has 1 unspecified atom stereocenters. The number of rotatable bonds is 30. The van der Waals surface area contributed by atoms with E-state index in [-0.39, 0.29) is 6.17 Å². The van der Waals surface area contributed by atoms with Gasteiger partial charge in [-0.05, 0) is 45.4 Å². The van der Waals surface area contributed by atoms with Gasteiger partial charge in [0.15, 0.2) is 0 Å². The summed E-state index contributed by atoms with van der Waals surface area (Å²) in [6, 6.07) is 0. The van der Waals surface area contributed by atoms with Crippen LogP contribution in [0.25, 0.3) is 0 Å². The molecule has 0 aromatic carbocycles.